The van der Waals surface area contributed by atoms with Gasteiger partial charge in [-0.25, -0.2) is 0 Å². The maximum atomic E-state index is 11.9. The van der Waals surface area contributed by atoms with Crippen LogP contribution in [0, 0.1) is 28.6 Å². The number of alkyl halides is 1. The first kappa shape index (κ1) is 18.9. The van der Waals surface area contributed by atoms with E-state index in [1.54, 1.807) is 0 Å². The molecule has 3 fully saturated rings. The Morgan fingerprint density at radius 3 is 2.69 bits per heavy atom. The predicted molar refractivity (Wildman–Crippen MR) is 109 cm³/mol. The lowest BCUT2D eigenvalue weighted by Gasteiger charge is -2.59. The Bertz CT molecular complexity index is 653. The van der Waals surface area contributed by atoms with Crippen LogP contribution in [0.5, 0.6) is 0 Å². The smallest absolute Gasteiger partial charge is 0.155 e. The van der Waals surface area contributed by atoms with Crippen molar-refractivity contribution in [1.82, 2.24) is 0 Å². The summed E-state index contributed by atoms with van der Waals surface area (Å²) >= 11 is 3.48. The van der Waals surface area contributed by atoms with Crippen LogP contribution >= 0.6 is 15.9 Å². The van der Waals surface area contributed by atoms with Crippen LogP contribution < -0.4 is 0 Å². The first-order valence-electron chi connectivity index (χ1n) is 10.5. The first-order valence-corrected chi connectivity index (χ1v) is 11.7. The van der Waals surface area contributed by atoms with E-state index >= 15 is 0 Å². The molecule has 0 aromatic carbocycles. The van der Waals surface area contributed by atoms with Gasteiger partial charge in [0.1, 0.15) is 0 Å². The normalized spacial score (nSPS) is 48.1. The van der Waals surface area contributed by atoms with Gasteiger partial charge in [0, 0.05) is 17.2 Å². The zero-order valence-corrected chi connectivity index (χ0v) is 17.9. The number of hydrogen-bond donors (Lipinski definition) is 1. The molecular formula is C23H33BrO2. The molecule has 2 nitrogen and oxygen atoms in total. The summed E-state index contributed by atoms with van der Waals surface area (Å²) in [5, 5.41) is 12.5. The summed E-state index contributed by atoms with van der Waals surface area (Å²) in [6.07, 6.45) is 15.7. The molecule has 0 heterocycles. The maximum absolute atomic E-state index is 11.9. The number of fused-ring (bicyclic) bond motifs is 5. The van der Waals surface area contributed by atoms with Crippen LogP contribution in [0.3, 0.4) is 0 Å². The molecule has 6 atom stereocenters. The minimum Gasteiger partial charge on any atom is -0.385 e. The highest BCUT2D eigenvalue weighted by Gasteiger charge is 2.63. The van der Waals surface area contributed by atoms with Gasteiger partial charge in [0.15, 0.2) is 5.78 Å². The summed E-state index contributed by atoms with van der Waals surface area (Å²) < 4.78 is 0. The van der Waals surface area contributed by atoms with Gasteiger partial charge >= 0.3 is 0 Å². The fraction of sp³-hybridized carbons (Fsp3) is 0.783. The van der Waals surface area contributed by atoms with Crippen LogP contribution in [0.1, 0.15) is 71.6 Å². The van der Waals surface area contributed by atoms with Gasteiger partial charge in [0.05, 0.1) is 5.60 Å². The third kappa shape index (κ3) is 2.64. The Kier molecular flexibility index (Phi) is 4.79. The van der Waals surface area contributed by atoms with Crippen molar-refractivity contribution in [2.45, 2.75) is 77.2 Å². The summed E-state index contributed by atoms with van der Waals surface area (Å²) in [6, 6.07) is 0. The lowest BCUT2D eigenvalue weighted by Crippen LogP contribution is -2.54. The minimum absolute atomic E-state index is 0.0129. The molecule has 0 aliphatic heterocycles. The second kappa shape index (κ2) is 6.58. The molecule has 4 aliphatic carbocycles. The number of carbonyl (C=O) groups is 1. The average molecular weight is 421 g/mol. The number of carbonyl (C=O) groups excluding carboxylic acids is 1. The van der Waals surface area contributed by atoms with Gasteiger partial charge in [0.2, 0.25) is 0 Å². The van der Waals surface area contributed by atoms with E-state index in [-0.39, 0.29) is 10.8 Å². The average Bonchev–Trinajstić information content (AvgIpc) is 2.87. The second-order valence-corrected chi connectivity index (χ2v) is 10.6. The van der Waals surface area contributed by atoms with E-state index < -0.39 is 5.60 Å². The molecule has 0 aromatic rings. The number of rotatable bonds is 3. The van der Waals surface area contributed by atoms with Gasteiger partial charge in [-0.1, -0.05) is 47.5 Å². The van der Waals surface area contributed by atoms with Crippen LogP contribution in [0.4, 0.5) is 0 Å². The molecule has 26 heavy (non-hydrogen) atoms. The van der Waals surface area contributed by atoms with E-state index in [0.29, 0.717) is 23.5 Å². The molecule has 3 saturated carbocycles. The zero-order chi connectivity index (χ0) is 18.6. The quantitative estimate of drug-likeness (QED) is 0.476. The number of aliphatic hydroxyl groups is 1. The Labute approximate surface area is 166 Å². The standard InChI is InChI=1S/C23H33BrO2/c1-21-11-7-17(25)15-16(21)5-6-18-19(21)8-12-22(2)20(18)9-13-23(22,26)10-3-4-14-24/h3,10,15,18-20,26H,4-9,11-14H2,1-2H3/b10-3-/t18-,19+,20+,21+,22+,23+/m1/s1. The largest absolute Gasteiger partial charge is 0.385 e. The van der Waals surface area contributed by atoms with Gasteiger partial charge in [-0.05, 0) is 80.6 Å². The van der Waals surface area contributed by atoms with Gasteiger partial charge < -0.3 is 5.11 Å². The topological polar surface area (TPSA) is 37.3 Å². The molecule has 0 aromatic heterocycles. The van der Waals surface area contributed by atoms with E-state index in [2.05, 4.69) is 41.9 Å². The van der Waals surface area contributed by atoms with Crippen LogP contribution in [0.25, 0.3) is 0 Å². The SMILES string of the molecule is C[C@]12CCC(=O)C=C1CC[C@@H]1[C@@H]2CC[C@@]2(C)[C@H]1CC[C@@]2(O)/C=C\CCBr. The van der Waals surface area contributed by atoms with Gasteiger partial charge in [-0.2, -0.15) is 0 Å². The molecule has 0 amide bonds. The van der Waals surface area contributed by atoms with Crippen LogP contribution in [0.2, 0.25) is 0 Å². The third-order valence-electron chi connectivity index (χ3n) is 8.85. The molecule has 0 bridgehead atoms. The molecule has 0 unspecified atom stereocenters. The van der Waals surface area contributed by atoms with Crippen molar-refractivity contribution in [3.63, 3.8) is 0 Å². The van der Waals surface area contributed by atoms with Gasteiger partial charge in [-0.3, -0.25) is 4.79 Å². The molecular weight excluding hydrogens is 388 g/mol. The predicted octanol–water partition coefficient (Wildman–Crippen LogP) is 5.59. The summed E-state index contributed by atoms with van der Waals surface area (Å²) in [7, 11) is 0. The van der Waals surface area contributed by atoms with Gasteiger partial charge in [0.25, 0.3) is 0 Å². The highest BCUT2D eigenvalue weighted by molar-refractivity contribution is 9.09. The number of ketones is 1. The maximum Gasteiger partial charge on any atom is 0.155 e. The molecule has 4 rings (SSSR count). The molecule has 0 spiro atoms. The Hall–Kier alpha value is -0.410. The molecule has 0 saturated heterocycles. The van der Waals surface area contributed by atoms with E-state index in [1.807, 2.05) is 6.08 Å². The lowest BCUT2D eigenvalue weighted by molar-refractivity contribution is -0.120. The van der Waals surface area contributed by atoms with Gasteiger partial charge in [-0.15, -0.1) is 0 Å². The van der Waals surface area contributed by atoms with Crippen molar-refractivity contribution in [2.75, 3.05) is 5.33 Å². The fourth-order valence-corrected chi connectivity index (χ4v) is 7.49. The summed E-state index contributed by atoms with van der Waals surface area (Å²) in [6.45, 7) is 4.79. The van der Waals surface area contributed by atoms with Crippen LogP contribution in [-0.2, 0) is 4.79 Å². The molecule has 4 aliphatic rings. The Morgan fingerprint density at radius 1 is 1.15 bits per heavy atom. The van der Waals surface area contributed by atoms with Crippen LogP contribution in [-0.4, -0.2) is 21.8 Å². The first-order chi connectivity index (χ1) is 12.3. The van der Waals surface area contributed by atoms with Crippen molar-refractivity contribution in [3.8, 4) is 0 Å². The van der Waals surface area contributed by atoms with Crippen molar-refractivity contribution in [3.05, 3.63) is 23.8 Å². The summed E-state index contributed by atoms with van der Waals surface area (Å²) in [5.41, 5.74) is 1.04. The molecule has 144 valence electrons. The molecule has 1 N–H and O–H groups in total. The van der Waals surface area contributed by atoms with E-state index in [1.165, 1.54) is 18.4 Å². The van der Waals surface area contributed by atoms with Crippen molar-refractivity contribution in [1.29, 1.82) is 0 Å². The minimum atomic E-state index is -0.635. The van der Waals surface area contributed by atoms with Crippen molar-refractivity contribution in [2.24, 2.45) is 28.6 Å². The molecule has 3 heteroatoms. The fourth-order valence-electron chi connectivity index (χ4n) is 7.23. The Balaban J connectivity index is 1.62. The lowest BCUT2D eigenvalue weighted by atomic mass is 9.46. The van der Waals surface area contributed by atoms with E-state index in [4.69, 9.17) is 0 Å². The van der Waals surface area contributed by atoms with E-state index in [9.17, 15) is 9.90 Å². The summed E-state index contributed by atoms with van der Waals surface area (Å²) in [5.74, 6) is 2.37. The summed E-state index contributed by atoms with van der Waals surface area (Å²) in [4.78, 5) is 11.9. The highest BCUT2D eigenvalue weighted by Crippen LogP contribution is 2.67. The zero-order valence-electron chi connectivity index (χ0n) is 16.3. The Morgan fingerprint density at radius 2 is 1.92 bits per heavy atom. The number of hydrogen-bond acceptors (Lipinski definition) is 2. The van der Waals surface area contributed by atoms with E-state index in [0.717, 1.165) is 50.3 Å². The second-order valence-electron chi connectivity index (χ2n) is 9.77. The number of allylic oxidation sites excluding steroid dienone is 2. The van der Waals surface area contributed by atoms with Crippen molar-refractivity contribution >= 4 is 21.7 Å². The van der Waals surface area contributed by atoms with Crippen molar-refractivity contribution < 1.29 is 9.90 Å². The number of halogens is 1. The van der Waals surface area contributed by atoms with Crippen LogP contribution in [0.15, 0.2) is 23.8 Å². The third-order valence-corrected chi connectivity index (χ3v) is 9.30. The monoisotopic (exact) mass is 420 g/mol. The molecule has 0 radical (unpaired) electrons. The highest BCUT2D eigenvalue weighted by atomic mass is 79.9.